The second kappa shape index (κ2) is 13.1. The lowest BCUT2D eigenvalue weighted by Crippen LogP contribution is -2.23. The van der Waals surface area contributed by atoms with Crippen LogP contribution in [0.25, 0.3) is 0 Å². The SMILES string of the molecule is CC.CC.Cc1ccc(C(=O)NCc2ccc(F)cc2)c(OS(C)=O)c1. The first kappa shape index (κ1) is 23.8. The van der Waals surface area contributed by atoms with Crippen molar-refractivity contribution in [3.63, 3.8) is 0 Å². The first-order valence-corrected chi connectivity index (χ1v) is 10.1. The quantitative estimate of drug-likeness (QED) is 0.810. The molecule has 1 atom stereocenters. The number of halogens is 1. The van der Waals surface area contributed by atoms with Crippen LogP contribution in [0.2, 0.25) is 0 Å². The molecule has 4 nitrogen and oxygen atoms in total. The van der Waals surface area contributed by atoms with Gasteiger partial charge in [0, 0.05) is 12.8 Å². The lowest BCUT2D eigenvalue weighted by molar-refractivity contribution is 0.0949. The average Bonchev–Trinajstić information content (AvgIpc) is 2.64. The van der Waals surface area contributed by atoms with Gasteiger partial charge in [0.05, 0.1) is 5.56 Å². The Morgan fingerprint density at radius 3 is 2.19 bits per heavy atom. The van der Waals surface area contributed by atoms with Crippen LogP contribution in [0.15, 0.2) is 42.5 Å². The zero-order valence-corrected chi connectivity index (χ0v) is 17.1. The number of benzene rings is 2. The van der Waals surface area contributed by atoms with Crippen molar-refractivity contribution in [1.29, 1.82) is 0 Å². The van der Waals surface area contributed by atoms with Crippen LogP contribution in [0.5, 0.6) is 5.75 Å². The molecule has 0 bridgehead atoms. The molecule has 26 heavy (non-hydrogen) atoms. The van der Waals surface area contributed by atoms with Crippen LogP contribution in [-0.2, 0) is 17.6 Å². The molecule has 6 heteroatoms. The van der Waals surface area contributed by atoms with Gasteiger partial charge in [0.2, 0.25) is 11.1 Å². The van der Waals surface area contributed by atoms with Gasteiger partial charge in [-0.25, -0.2) is 8.60 Å². The van der Waals surface area contributed by atoms with Crippen LogP contribution in [0.1, 0.15) is 49.2 Å². The van der Waals surface area contributed by atoms with E-state index < -0.39 is 11.1 Å². The second-order valence-electron chi connectivity index (χ2n) is 4.79. The number of aryl methyl sites for hydroxylation is 1. The molecule has 2 rings (SSSR count). The highest BCUT2D eigenvalue weighted by atomic mass is 32.2. The van der Waals surface area contributed by atoms with Crippen molar-refractivity contribution in [2.45, 2.75) is 41.2 Å². The van der Waals surface area contributed by atoms with E-state index in [9.17, 15) is 13.4 Å². The molecule has 0 saturated carbocycles. The summed E-state index contributed by atoms with van der Waals surface area (Å²) < 4.78 is 29.2. The van der Waals surface area contributed by atoms with Gasteiger partial charge in [0.15, 0.2) is 5.75 Å². The summed E-state index contributed by atoms with van der Waals surface area (Å²) in [6.45, 7) is 10.1. The Balaban J connectivity index is 0.00000146. The zero-order chi connectivity index (χ0) is 20.1. The maximum absolute atomic E-state index is 12.8. The van der Waals surface area contributed by atoms with E-state index in [2.05, 4.69) is 5.32 Å². The fourth-order valence-electron chi connectivity index (χ4n) is 1.89. The van der Waals surface area contributed by atoms with Crippen LogP contribution in [0, 0.1) is 12.7 Å². The molecule has 1 N–H and O–H groups in total. The third kappa shape index (κ3) is 8.25. The lowest BCUT2D eigenvalue weighted by atomic mass is 10.1. The molecule has 0 heterocycles. The summed E-state index contributed by atoms with van der Waals surface area (Å²) in [4.78, 5) is 12.2. The Morgan fingerprint density at radius 1 is 1.08 bits per heavy atom. The van der Waals surface area contributed by atoms with Gasteiger partial charge in [0.1, 0.15) is 5.82 Å². The number of nitrogens with one attached hydrogen (secondary N) is 1. The standard InChI is InChI=1S/C16H16FNO3S.2C2H6/c1-11-3-8-14(15(9-11)21-22(2)20)16(19)18-10-12-4-6-13(17)7-5-12;2*1-2/h3-9H,10H2,1-2H3,(H,18,19);2*1-2H3. The van der Waals surface area contributed by atoms with Crippen molar-refractivity contribution < 1.29 is 17.6 Å². The number of hydrogen-bond acceptors (Lipinski definition) is 3. The van der Waals surface area contributed by atoms with Gasteiger partial charge >= 0.3 is 0 Å². The van der Waals surface area contributed by atoms with Crippen LogP contribution in [0.3, 0.4) is 0 Å². The normalized spacial score (nSPS) is 10.4. The van der Waals surface area contributed by atoms with Gasteiger partial charge in [-0.3, -0.25) is 4.79 Å². The molecule has 0 aromatic heterocycles. The predicted octanol–water partition coefficient (Wildman–Crippen LogP) is 4.79. The van der Waals surface area contributed by atoms with Gasteiger partial charge in [-0.1, -0.05) is 45.9 Å². The minimum Gasteiger partial charge on any atom is -0.400 e. The average molecular weight is 382 g/mol. The molecule has 0 aliphatic heterocycles. The van der Waals surface area contributed by atoms with Crippen molar-refractivity contribution >= 4 is 17.0 Å². The van der Waals surface area contributed by atoms with Crippen molar-refractivity contribution in [2.75, 3.05) is 6.26 Å². The van der Waals surface area contributed by atoms with Gasteiger partial charge < -0.3 is 9.50 Å². The highest BCUT2D eigenvalue weighted by Gasteiger charge is 2.14. The van der Waals surface area contributed by atoms with Gasteiger partial charge in [-0.15, -0.1) is 0 Å². The molecule has 2 aromatic rings. The largest absolute Gasteiger partial charge is 0.400 e. The van der Waals surface area contributed by atoms with E-state index in [0.717, 1.165) is 11.1 Å². The third-order valence-corrected chi connectivity index (χ3v) is 3.37. The Labute approximate surface area is 158 Å². The minimum atomic E-state index is -1.52. The van der Waals surface area contributed by atoms with Crippen molar-refractivity contribution in [1.82, 2.24) is 5.32 Å². The lowest BCUT2D eigenvalue weighted by Gasteiger charge is -2.10. The summed E-state index contributed by atoms with van der Waals surface area (Å²) in [5.41, 5.74) is 1.99. The number of hydrogen-bond donors (Lipinski definition) is 1. The molecule has 0 saturated heterocycles. The van der Waals surface area contributed by atoms with Crippen molar-refractivity contribution in [2.24, 2.45) is 0 Å². The summed E-state index contributed by atoms with van der Waals surface area (Å²) in [7, 11) is 0. The number of carbonyl (C=O) groups excluding carboxylic acids is 1. The third-order valence-electron chi connectivity index (χ3n) is 2.96. The topological polar surface area (TPSA) is 55.4 Å². The number of amides is 1. The van der Waals surface area contributed by atoms with Gasteiger partial charge in [0.25, 0.3) is 5.91 Å². The molecule has 144 valence electrons. The highest BCUT2D eigenvalue weighted by molar-refractivity contribution is 7.79. The maximum Gasteiger partial charge on any atom is 0.255 e. The van der Waals surface area contributed by atoms with Gasteiger partial charge in [-0.2, -0.15) is 0 Å². The van der Waals surface area contributed by atoms with E-state index in [-0.39, 0.29) is 24.0 Å². The molecule has 0 aliphatic rings. The van der Waals surface area contributed by atoms with E-state index in [1.807, 2.05) is 34.6 Å². The fourth-order valence-corrected chi connectivity index (χ4v) is 2.28. The number of rotatable bonds is 5. The predicted molar refractivity (Wildman–Crippen MR) is 106 cm³/mol. The van der Waals surface area contributed by atoms with Crippen LogP contribution in [-0.4, -0.2) is 16.4 Å². The summed E-state index contributed by atoms with van der Waals surface area (Å²) in [6, 6.07) is 10.9. The smallest absolute Gasteiger partial charge is 0.255 e. The Hall–Kier alpha value is -2.21. The van der Waals surface area contributed by atoms with E-state index in [0.29, 0.717) is 5.56 Å². The maximum atomic E-state index is 12.8. The summed E-state index contributed by atoms with van der Waals surface area (Å²) in [5, 5.41) is 2.73. The molecule has 1 unspecified atom stereocenters. The Bertz CT molecular complexity index is 703. The Kier molecular flexibility index (Phi) is 11.9. The molecule has 0 spiro atoms. The Morgan fingerprint density at radius 2 is 1.65 bits per heavy atom. The zero-order valence-electron chi connectivity index (χ0n) is 16.3. The van der Waals surface area contributed by atoms with Crippen molar-refractivity contribution in [3.05, 3.63) is 65.0 Å². The highest BCUT2D eigenvalue weighted by Crippen LogP contribution is 2.21. The molecular formula is C20H28FNO3S. The molecule has 0 fully saturated rings. The fraction of sp³-hybridized carbons (Fsp3) is 0.350. The van der Waals surface area contributed by atoms with E-state index >= 15 is 0 Å². The minimum absolute atomic E-state index is 0.266. The van der Waals surface area contributed by atoms with E-state index in [1.165, 1.54) is 18.4 Å². The van der Waals surface area contributed by atoms with Crippen molar-refractivity contribution in [3.8, 4) is 5.75 Å². The molecule has 1 amide bonds. The number of carbonyl (C=O) groups is 1. The first-order chi connectivity index (χ1) is 12.5. The van der Waals surface area contributed by atoms with Crippen LogP contribution >= 0.6 is 0 Å². The first-order valence-electron chi connectivity index (χ1n) is 8.61. The second-order valence-corrected chi connectivity index (χ2v) is 5.76. The van der Waals surface area contributed by atoms with E-state index in [4.69, 9.17) is 4.18 Å². The molecular weight excluding hydrogens is 353 g/mol. The summed E-state index contributed by atoms with van der Waals surface area (Å²) in [6.07, 6.45) is 1.39. The summed E-state index contributed by atoms with van der Waals surface area (Å²) >= 11 is -1.52. The van der Waals surface area contributed by atoms with Crippen LogP contribution in [0.4, 0.5) is 4.39 Å². The monoisotopic (exact) mass is 381 g/mol. The van der Waals surface area contributed by atoms with Crippen LogP contribution < -0.4 is 9.50 Å². The summed E-state index contributed by atoms with van der Waals surface area (Å²) in [5.74, 6) is -0.392. The molecule has 0 radical (unpaired) electrons. The van der Waals surface area contributed by atoms with E-state index in [1.54, 1.807) is 30.3 Å². The van der Waals surface area contributed by atoms with Gasteiger partial charge in [-0.05, 0) is 42.3 Å². The molecule has 2 aromatic carbocycles. The molecule has 0 aliphatic carbocycles.